The summed E-state index contributed by atoms with van der Waals surface area (Å²) in [7, 11) is 0. The summed E-state index contributed by atoms with van der Waals surface area (Å²) in [5.74, 6) is 2.03. The lowest BCUT2D eigenvalue weighted by molar-refractivity contribution is -0.148. The minimum atomic E-state index is -0.141. The molecule has 0 amide bonds. The maximum Gasteiger partial charge on any atom is 0.302 e. The van der Waals surface area contributed by atoms with Crippen molar-refractivity contribution in [3.8, 4) is 0 Å². The molecule has 4 nitrogen and oxygen atoms in total. The molecule has 0 bridgehead atoms. The van der Waals surface area contributed by atoms with Crippen LogP contribution in [0.4, 0.5) is 0 Å². The molecule has 6 atom stereocenters. The molecule has 0 spiro atoms. The van der Waals surface area contributed by atoms with E-state index in [0.717, 1.165) is 36.6 Å². The van der Waals surface area contributed by atoms with Crippen molar-refractivity contribution < 1.29 is 9.53 Å². The number of hydrogen-bond acceptors (Lipinski definition) is 3. The number of aromatic nitrogens is 2. The van der Waals surface area contributed by atoms with E-state index in [-0.39, 0.29) is 22.9 Å². The van der Waals surface area contributed by atoms with E-state index in [2.05, 4.69) is 59.8 Å². The Balaban J connectivity index is 1.30. The van der Waals surface area contributed by atoms with Gasteiger partial charge in [0.25, 0.3) is 0 Å². The second kappa shape index (κ2) is 7.07. The number of carbonyl (C=O) groups is 1. The van der Waals surface area contributed by atoms with Crippen molar-refractivity contribution in [1.29, 1.82) is 0 Å². The van der Waals surface area contributed by atoms with Gasteiger partial charge in [-0.25, -0.2) is 4.98 Å². The van der Waals surface area contributed by atoms with Crippen LogP contribution in [0.5, 0.6) is 0 Å². The van der Waals surface area contributed by atoms with Gasteiger partial charge in [0.1, 0.15) is 12.4 Å². The van der Waals surface area contributed by atoms with Gasteiger partial charge in [-0.3, -0.25) is 4.79 Å². The molecule has 2 saturated carbocycles. The third-order valence-corrected chi connectivity index (χ3v) is 9.64. The topological polar surface area (TPSA) is 44.1 Å². The first kappa shape index (κ1) is 20.3. The molecular weight excluding hydrogens is 396 g/mol. The Morgan fingerprint density at radius 1 is 1.06 bits per heavy atom. The van der Waals surface area contributed by atoms with Crippen molar-refractivity contribution in [2.45, 2.75) is 71.8 Å². The number of imidazole rings is 1. The zero-order valence-electron chi connectivity index (χ0n) is 19.5. The third kappa shape index (κ3) is 2.80. The number of benzene rings is 1. The highest BCUT2D eigenvalue weighted by Crippen LogP contribution is 2.65. The van der Waals surface area contributed by atoms with Crippen LogP contribution >= 0.6 is 0 Å². The first-order valence-electron chi connectivity index (χ1n) is 12.4. The fourth-order valence-corrected chi connectivity index (χ4v) is 8.03. The van der Waals surface area contributed by atoms with E-state index in [1.165, 1.54) is 43.8 Å². The quantitative estimate of drug-likeness (QED) is 0.410. The van der Waals surface area contributed by atoms with Crippen molar-refractivity contribution in [3.05, 3.63) is 48.3 Å². The molecule has 0 aliphatic heterocycles. The average molecular weight is 431 g/mol. The molecule has 4 aliphatic carbocycles. The van der Waals surface area contributed by atoms with Gasteiger partial charge in [-0.2, -0.15) is 0 Å². The summed E-state index contributed by atoms with van der Waals surface area (Å²) in [6.45, 7) is 6.56. The Hall–Kier alpha value is -2.36. The van der Waals surface area contributed by atoms with E-state index in [4.69, 9.17) is 4.74 Å². The normalized spacial score (nSPS) is 38.3. The largest absolute Gasteiger partial charge is 0.462 e. The highest BCUT2D eigenvalue weighted by Gasteiger charge is 2.57. The zero-order chi connectivity index (χ0) is 22.1. The SMILES string of the molecule is CC(=O)OC1CC[C@@]2(C)C(=CCC3C2CC[C@]2(C)C(n4cnc5ccccc54)=CCC32)C1. The molecule has 2 fully saturated rings. The van der Waals surface area contributed by atoms with Crippen LogP contribution in [-0.2, 0) is 9.53 Å². The maximum absolute atomic E-state index is 11.5. The zero-order valence-corrected chi connectivity index (χ0v) is 19.5. The summed E-state index contributed by atoms with van der Waals surface area (Å²) >= 11 is 0. The van der Waals surface area contributed by atoms with Crippen molar-refractivity contribution in [2.24, 2.45) is 28.6 Å². The van der Waals surface area contributed by atoms with E-state index in [0.29, 0.717) is 5.92 Å². The Kier molecular flexibility index (Phi) is 4.48. The number of nitrogens with zero attached hydrogens (tertiary/aromatic N) is 2. The number of fused-ring (bicyclic) bond motifs is 6. The number of allylic oxidation sites excluding steroid dienone is 3. The molecule has 4 unspecified atom stereocenters. The Labute approximate surface area is 190 Å². The number of para-hydroxylation sites is 2. The fraction of sp³-hybridized carbons (Fsp3) is 0.571. The van der Waals surface area contributed by atoms with Crippen LogP contribution in [0, 0.1) is 28.6 Å². The van der Waals surface area contributed by atoms with Crippen LogP contribution in [-0.4, -0.2) is 21.6 Å². The lowest BCUT2D eigenvalue weighted by Gasteiger charge is -2.57. The molecule has 4 heteroatoms. The minimum absolute atomic E-state index is 0.0755. The molecule has 0 saturated heterocycles. The Morgan fingerprint density at radius 2 is 1.88 bits per heavy atom. The molecule has 4 aliphatic rings. The summed E-state index contributed by atoms with van der Waals surface area (Å²) in [6, 6.07) is 8.50. The van der Waals surface area contributed by atoms with E-state index in [1.807, 2.05) is 6.33 Å². The van der Waals surface area contributed by atoms with Crippen LogP contribution in [0.3, 0.4) is 0 Å². The molecule has 1 heterocycles. The molecule has 1 aromatic heterocycles. The second-order valence-corrected chi connectivity index (χ2v) is 11.1. The molecule has 0 radical (unpaired) electrons. The summed E-state index contributed by atoms with van der Waals surface area (Å²) in [4.78, 5) is 16.2. The Morgan fingerprint density at radius 3 is 2.72 bits per heavy atom. The molecule has 0 N–H and O–H groups in total. The lowest BCUT2D eigenvalue weighted by atomic mass is 9.47. The van der Waals surface area contributed by atoms with Gasteiger partial charge in [-0.15, -0.1) is 0 Å². The number of rotatable bonds is 2. The summed E-state index contributed by atoms with van der Waals surface area (Å²) in [5.41, 5.74) is 5.81. The van der Waals surface area contributed by atoms with Gasteiger partial charge in [0.05, 0.1) is 11.0 Å². The number of esters is 1. The highest BCUT2D eigenvalue weighted by molar-refractivity contribution is 5.80. The van der Waals surface area contributed by atoms with E-state index >= 15 is 0 Å². The fourth-order valence-electron chi connectivity index (χ4n) is 8.03. The van der Waals surface area contributed by atoms with Gasteiger partial charge < -0.3 is 9.30 Å². The van der Waals surface area contributed by atoms with Gasteiger partial charge in [0.15, 0.2) is 0 Å². The number of ether oxygens (including phenoxy) is 1. The van der Waals surface area contributed by atoms with Crippen LogP contribution in [0.2, 0.25) is 0 Å². The summed E-state index contributed by atoms with van der Waals surface area (Å²) in [5, 5.41) is 0. The third-order valence-electron chi connectivity index (χ3n) is 9.64. The van der Waals surface area contributed by atoms with Crippen molar-refractivity contribution >= 4 is 22.7 Å². The molecule has 6 rings (SSSR count). The highest BCUT2D eigenvalue weighted by atomic mass is 16.5. The van der Waals surface area contributed by atoms with Crippen LogP contribution in [0.15, 0.2) is 48.3 Å². The number of carbonyl (C=O) groups excluding carboxylic acids is 1. The summed E-state index contributed by atoms with van der Waals surface area (Å²) < 4.78 is 7.97. The summed E-state index contributed by atoms with van der Waals surface area (Å²) in [6.07, 6.45) is 15.1. The standard InChI is InChI=1S/C28H34N2O2/c1-18(31)32-20-12-14-27(2)19(16-20)8-9-21-22-10-11-26(28(22,3)15-13-23(21)27)30-17-29-24-6-4-5-7-25(24)30/h4-8,11,17,20-23H,9-10,12-16H2,1-3H3/t20?,21?,22?,23?,27-,28-/m0/s1. The molecule has 2 aromatic rings. The average Bonchev–Trinajstić information content (AvgIpc) is 3.34. The first-order chi connectivity index (χ1) is 15.4. The molecule has 32 heavy (non-hydrogen) atoms. The van der Waals surface area contributed by atoms with E-state index in [1.54, 1.807) is 5.57 Å². The van der Waals surface area contributed by atoms with Gasteiger partial charge in [-0.05, 0) is 73.8 Å². The van der Waals surface area contributed by atoms with Crippen LogP contribution < -0.4 is 0 Å². The van der Waals surface area contributed by atoms with E-state index < -0.39 is 0 Å². The van der Waals surface area contributed by atoms with E-state index in [9.17, 15) is 4.79 Å². The monoisotopic (exact) mass is 430 g/mol. The van der Waals surface area contributed by atoms with Gasteiger partial charge in [0.2, 0.25) is 0 Å². The van der Waals surface area contributed by atoms with Crippen molar-refractivity contribution in [2.75, 3.05) is 0 Å². The molecule has 168 valence electrons. The van der Waals surface area contributed by atoms with Crippen molar-refractivity contribution in [3.63, 3.8) is 0 Å². The maximum atomic E-state index is 11.5. The minimum Gasteiger partial charge on any atom is -0.462 e. The first-order valence-corrected chi connectivity index (χ1v) is 12.4. The van der Waals surface area contributed by atoms with Gasteiger partial charge in [-0.1, -0.05) is 43.7 Å². The predicted molar refractivity (Wildman–Crippen MR) is 127 cm³/mol. The smallest absolute Gasteiger partial charge is 0.302 e. The second-order valence-electron chi connectivity index (χ2n) is 11.1. The van der Waals surface area contributed by atoms with Gasteiger partial charge in [0, 0.05) is 24.5 Å². The van der Waals surface area contributed by atoms with Crippen LogP contribution in [0.25, 0.3) is 16.7 Å². The molecule has 1 aromatic carbocycles. The predicted octanol–water partition coefficient (Wildman–Crippen LogP) is 6.38. The lowest BCUT2D eigenvalue weighted by Crippen LogP contribution is -2.50. The Bertz CT molecular complexity index is 1140. The molecular formula is C28H34N2O2. The van der Waals surface area contributed by atoms with Gasteiger partial charge >= 0.3 is 5.97 Å². The number of hydrogen-bond donors (Lipinski definition) is 0. The van der Waals surface area contributed by atoms with Crippen molar-refractivity contribution in [1.82, 2.24) is 9.55 Å². The van der Waals surface area contributed by atoms with Crippen LogP contribution in [0.1, 0.15) is 65.7 Å².